The van der Waals surface area contributed by atoms with Crippen LogP contribution < -0.4 is 5.73 Å². The maximum atomic E-state index is 5.83. The maximum Gasteiger partial charge on any atom is 0.153 e. The van der Waals surface area contributed by atoms with Crippen LogP contribution in [0.5, 0.6) is 0 Å². The van der Waals surface area contributed by atoms with Crippen molar-refractivity contribution in [1.82, 2.24) is 19.7 Å². The van der Waals surface area contributed by atoms with Gasteiger partial charge < -0.3 is 5.73 Å². The number of fused-ring (bicyclic) bond motifs is 1. The molecule has 5 nitrogen and oxygen atoms in total. The topological polar surface area (TPSA) is 69.6 Å². The molecule has 15 heavy (non-hydrogen) atoms. The molecule has 0 aliphatic rings. The first kappa shape index (κ1) is 9.89. The lowest BCUT2D eigenvalue weighted by atomic mass is 10.1. The largest absolute Gasteiger partial charge is 0.382 e. The fraction of sp³-hybridized carbons (Fsp3) is 0.500. The highest BCUT2D eigenvalue weighted by atomic mass is 15.3. The third kappa shape index (κ3) is 1.44. The summed E-state index contributed by atoms with van der Waals surface area (Å²) in [6.07, 6.45) is 1.49. The van der Waals surface area contributed by atoms with Gasteiger partial charge in [-0.3, -0.25) is 4.68 Å². The molecule has 0 aliphatic heterocycles. The van der Waals surface area contributed by atoms with Gasteiger partial charge in [0.05, 0.1) is 5.69 Å². The molecular weight excluding hydrogens is 190 g/mol. The average Bonchev–Trinajstić information content (AvgIpc) is 2.58. The van der Waals surface area contributed by atoms with Crippen LogP contribution in [-0.4, -0.2) is 19.7 Å². The second-order valence-corrected chi connectivity index (χ2v) is 3.81. The van der Waals surface area contributed by atoms with Crippen molar-refractivity contribution in [2.45, 2.75) is 33.2 Å². The molecule has 0 saturated carbocycles. The van der Waals surface area contributed by atoms with E-state index >= 15 is 0 Å². The van der Waals surface area contributed by atoms with Crippen LogP contribution in [0.2, 0.25) is 0 Å². The highest BCUT2D eigenvalue weighted by Crippen LogP contribution is 2.25. The van der Waals surface area contributed by atoms with Crippen LogP contribution in [-0.2, 0) is 6.54 Å². The molecule has 0 unspecified atom stereocenters. The van der Waals surface area contributed by atoms with Gasteiger partial charge in [-0.25, -0.2) is 9.97 Å². The standard InChI is InChI=1S/C10H15N5/c1-4-15-9-8(7(14-15)6(2)3)12-5-13-10(9)11/h5-6H,4H2,1-3H3,(H2,11,12,13). The summed E-state index contributed by atoms with van der Waals surface area (Å²) < 4.78 is 1.86. The summed E-state index contributed by atoms with van der Waals surface area (Å²) in [4.78, 5) is 8.25. The van der Waals surface area contributed by atoms with E-state index in [0.717, 1.165) is 23.3 Å². The van der Waals surface area contributed by atoms with Crippen molar-refractivity contribution in [2.24, 2.45) is 0 Å². The highest BCUT2D eigenvalue weighted by molar-refractivity contribution is 5.86. The van der Waals surface area contributed by atoms with Gasteiger partial charge in [0, 0.05) is 6.54 Å². The first-order valence-electron chi connectivity index (χ1n) is 5.12. The van der Waals surface area contributed by atoms with Crippen molar-refractivity contribution in [3.8, 4) is 0 Å². The van der Waals surface area contributed by atoms with Crippen LogP contribution in [0, 0.1) is 0 Å². The Morgan fingerprint density at radius 3 is 2.73 bits per heavy atom. The maximum absolute atomic E-state index is 5.83. The zero-order chi connectivity index (χ0) is 11.0. The van der Waals surface area contributed by atoms with Crippen LogP contribution in [0.4, 0.5) is 5.82 Å². The van der Waals surface area contributed by atoms with Gasteiger partial charge in [0.2, 0.25) is 0 Å². The summed E-state index contributed by atoms with van der Waals surface area (Å²) >= 11 is 0. The lowest BCUT2D eigenvalue weighted by molar-refractivity contribution is 0.654. The third-order valence-corrected chi connectivity index (χ3v) is 2.43. The zero-order valence-electron chi connectivity index (χ0n) is 9.23. The van der Waals surface area contributed by atoms with Crippen molar-refractivity contribution in [1.29, 1.82) is 0 Å². The van der Waals surface area contributed by atoms with Crippen LogP contribution in [0.25, 0.3) is 11.0 Å². The van der Waals surface area contributed by atoms with Gasteiger partial charge in [0.1, 0.15) is 17.4 Å². The number of nitrogen functional groups attached to an aromatic ring is 1. The number of rotatable bonds is 2. The number of nitrogens with zero attached hydrogens (tertiary/aromatic N) is 4. The summed E-state index contributed by atoms with van der Waals surface area (Å²) in [5.74, 6) is 0.843. The summed E-state index contributed by atoms with van der Waals surface area (Å²) in [6.45, 7) is 7.00. The molecule has 2 aromatic heterocycles. The number of anilines is 1. The first-order chi connectivity index (χ1) is 7.15. The fourth-order valence-corrected chi connectivity index (χ4v) is 1.68. The minimum atomic E-state index is 0.342. The van der Waals surface area contributed by atoms with Gasteiger partial charge >= 0.3 is 0 Å². The second kappa shape index (κ2) is 3.49. The molecule has 2 aromatic rings. The van der Waals surface area contributed by atoms with Crippen LogP contribution in [0.1, 0.15) is 32.4 Å². The average molecular weight is 205 g/mol. The Balaban J connectivity index is 2.81. The molecule has 80 valence electrons. The molecule has 0 atom stereocenters. The van der Waals surface area contributed by atoms with Gasteiger partial charge in [0.25, 0.3) is 0 Å². The van der Waals surface area contributed by atoms with E-state index in [2.05, 4.69) is 28.9 Å². The van der Waals surface area contributed by atoms with Gasteiger partial charge in [-0.05, 0) is 12.8 Å². The normalized spacial score (nSPS) is 11.5. The molecule has 0 spiro atoms. The molecule has 0 aromatic carbocycles. The quantitative estimate of drug-likeness (QED) is 0.807. The lowest BCUT2D eigenvalue weighted by Gasteiger charge is -1.99. The van der Waals surface area contributed by atoms with E-state index in [1.807, 2.05) is 11.6 Å². The van der Waals surface area contributed by atoms with Crippen LogP contribution in [0.15, 0.2) is 6.33 Å². The van der Waals surface area contributed by atoms with E-state index < -0.39 is 0 Å². The van der Waals surface area contributed by atoms with Crippen molar-refractivity contribution in [2.75, 3.05) is 5.73 Å². The van der Waals surface area contributed by atoms with Gasteiger partial charge in [-0.2, -0.15) is 5.10 Å². The smallest absolute Gasteiger partial charge is 0.153 e. The molecule has 2 heterocycles. The van der Waals surface area contributed by atoms with Crippen molar-refractivity contribution < 1.29 is 0 Å². The van der Waals surface area contributed by atoms with Crippen molar-refractivity contribution in [3.63, 3.8) is 0 Å². The van der Waals surface area contributed by atoms with Crippen molar-refractivity contribution in [3.05, 3.63) is 12.0 Å². The Hall–Kier alpha value is -1.65. The highest BCUT2D eigenvalue weighted by Gasteiger charge is 2.16. The van der Waals surface area contributed by atoms with E-state index in [-0.39, 0.29) is 0 Å². The van der Waals surface area contributed by atoms with E-state index in [1.54, 1.807) is 0 Å². The van der Waals surface area contributed by atoms with Crippen molar-refractivity contribution >= 4 is 16.9 Å². The van der Waals surface area contributed by atoms with E-state index in [9.17, 15) is 0 Å². The van der Waals surface area contributed by atoms with Crippen LogP contribution in [0.3, 0.4) is 0 Å². The summed E-state index contributed by atoms with van der Waals surface area (Å²) in [5.41, 5.74) is 8.55. The predicted molar refractivity (Wildman–Crippen MR) is 59.5 cm³/mol. The Kier molecular flexibility index (Phi) is 2.30. The number of hydrogen-bond donors (Lipinski definition) is 1. The number of aromatic nitrogens is 4. The first-order valence-corrected chi connectivity index (χ1v) is 5.12. The summed E-state index contributed by atoms with van der Waals surface area (Å²) in [7, 11) is 0. The lowest BCUT2D eigenvalue weighted by Crippen LogP contribution is -2.01. The van der Waals surface area contributed by atoms with Gasteiger partial charge in [-0.15, -0.1) is 0 Å². The third-order valence-electron chi connectivity index (χ3n) is 2.43. The number of aryl methyl sites for hydroxylation is 1. The second-order valence-electron chi connectivity index (χ2n) is 3.81. The predicted octanol–water partition coefficient (Wildman–Crippen LogP) is 1.55. The molecule has 2 N–H and O–H groups in total. The monoisotopic (exact) mass is 205 g/mol. The SMILES string of the molecule is CCn1nc(C(C)C)c2ncnc(N)c21. The van der Waals surface area contributed by atoms with Crippen LogP contribution >= 0.6 is 0 Å². The fourth-order valence-electron chi connectivity index (χ4n) is 1.68. The summed E-state index contributed by atoms with van der Waals surface area (Å²) in [6, 6.07) is 0. The molecule has 0 saturated heterocycles. The minimum Gasteiger partial charge on any atom is -0.382 e. The Morgan fingerprint density at radius 1 is 1.40 bits per heavy atom. The molecule has 0 aliphatic carbocycles. The Labute approximate surface area is 88.3 Å². The molecule has 2 rings (SSSR count). The Bertz CT molecular complexity index is 486. The number of nitrogens with two attached hydrogens (primary N) is 1. The summed E-state index contributed by atoms with van der Waals surface area (Å²) in [5, 5.41) is 4.50. The Morgan fingerprint density at radius 2 is 2.13 bits per heavy atom. The molecule has 0 amide bonds. The van der Waals surface area contributed by atoms with E-state index in [0.29, 0.717) is 11.7 Å². The minimum absolute atomic E-state index is 0.342. The molecule has 0 bridgehead atoms. The van der Waals surface area contributed by atoms with Gasteiger partial charge in [-0.1, -0.05) is 13.8 Å². The molecular formula is C10H15N5. The van der Waals surface area contributed by atoms with Gasteiger partial charge in [0.15, 0.2) is 5.82 Å². The molecule has 5 heteroatoms. The number of hydrogen-bond acceptors (Lipinski definition) is 4. The molecule has 0 radical (unpaired) electrons. The van der Waals surface area contributed by atoms with E-state index in [1.165, 1.54) is 6.33 Å². The zero-order valence-corrected chi connectivity index (χ0v) is 9.23. The molecule has 0 fully saturated rings. The van der Waals surface area contributed by atoms with E-state index in [4.69, 9.17) is 5.73 Å².